The van der Waals surface area contributed by atoms with Gasteiger partial charge in [0.25, 0.3) is 0 Å². The fourth-order valence-corrected chi connectivity index (χ4v) is 1.98. The van der Waals surface area contributed by atoms with Crippen LogP contribution < -0.4 is 0 Å². The van der Waals surface area contributed by atoms with Crippen molar-refractivity contribution in [3.63, 3.8) is 0 Å². The van der Waals surface area contributed by atoms with Crippen molar-refractivity contribution in [3.8, 4) is 0 Å². The highest BCUT2D eigenvalue weighted by Crippen LogP contribution is 2.40. The summed E-state index contributed by atoms with van der Waals surface area (Å²) >= 11 is 0. The number of aliphatic hydroxyl groups excluding tert-OH is 1. The number of halogens is 1. The predicted molar refractivity (Wildman–Crippen MR) is 63.2 cm³/mol. The maximum atomic E-state index is 13.5. The first-order valence-corrected chi connectivity index (χ1v) is 6.05. The van der Waals surface area contributed by atoms with Gasteiger partial charge in [0.05, 0.1) is 12.7 Å². The number of hydrogen-bond donors (Lipinski definition) is 1. The lowest BCUT2D eigenvalue weighted by molar-refractivity contribution is 0.149. The van der Waals surface area contributed by atoms with Crippen LogP contribution in [0.1, 0.15) is 30.2 Å². The SMILES string of the molecule is O[C@H](c1cn(Cc2ccccc2F)nn1)C1CC1. The van der Waals surface area contributed by atoms with Gasteiger partial charge in [0.1, 0.15) is 17.6 Å². The molecule has 1 N–H and O–H groups in total. The molecule has 94 valence electrons. The second kappa shape index (κ2) is 4.49. The molecule has 3 rings (SSSR count). The van der Waals surface area contributed by atoms with E-state index in [1.807, 2.05) is 0 Å². The van der Waals surface area contributed by atoms with E-state index in [-0.39, 0.29) is 5.82 Å². The van der Waals surface area contributed by atoms with Crippen LogP contribution >= 0.6 is 0 Å². The van der Waals surface area contributed by atoms with E-state index in [2.05, 4.69) is 10.3 Å². The average molecular weight is 247 g/mol. The van der Waals surface area contributed by atoms with Gasteiger partial charge < -0.3 is 5.11 Å². The van der Waals surface area contributed by atoms with Crippen LogP contribution in [0.5, 0.6) is 0 Å². The molecule has 0 amide bonds. The lowest BCUT2D eigenvalue weighted by atomic mass is 10.2. The van der Waals surface area contributed by atoms with E-state index in [1.165, 1.54) is 6.07 Å². The summed E-state index contributed by atoms with van der Waals surface area (Å²) in [4.78, 5) is 0. The molecule has 0 spiro atoms. The monoisotopic (exact) mass is 247 g/mol. The third-order valence-corrected chi connectivity index (χ3v) is 3.22. The van der Waals surface area contributed by atoms with Gasteiger partial charge in [-0.15, -0.1) is 5.10 Å². The summed E-state index contributed by atoms with van der Waals surface area (Å²) in [6.45, 7) is 0.330. The maximum absolute atomic E-state index is 13.5. The molecule has 0 bridgehead atoms. The summed E-state index contributed by atoms with van der Waals surface area (Å²) in [5, 5.41) is 17.8. The van der Waals surface area contributed by atoms with E-state index in [4.69, 9.17) is 0 Å². The molecule has 0 saturated heterocycles. The first kappa shape index (κ1) is 11.3. The van der Waals surface area contributed by atoms with Gasteiger partial charge in [-0.3, -0.25) is 0 Å². The minimum absolute atomic E-state index is 0.253. The molecule has 1 heterocycles. The summed E-state index contributed by atoms with van der Waals surface area (Å²) < 4.78 is 15.0. The molecule has 1 aromatic heterocycles. The second-order valence-corrected chi connectivity index (χ2v) is 4.71. The van der Waals surface area contributed by atoms with Gasteiger partial charge >= 0.3 is 0 Å². The zero-order chi connectivity index (χ0) is 12.5. The first-order chi connectivity index (χ1) is 8.74. The van der Waals surface area contributed by atoms with Crippen LogP contribution in [-0.2, 0) is 6.54 Å². The van der Waals surface area contributed by atoms with Gasteiger partial charge in [-0.2, -0.15) is 0 Å². The summed E-state index contributed by atoms with van der Waals surface area (Å²) in [7, 11) is 0. The Morgan fingerprint density at radius 1 is 1.39 bits per heavy atom. The van der Waals surface area contributed by atoms with E-state index < -0.39 is 6.10 Å². The number of nitrogens with zero attached hydrogens (tertiary/aromatic N) is 3. The third kappa shape index (κ3) is 2.26. The molecule has 1 atom stereocenters. The minimum atomic E-state index is -0.528. The Hall–Kier alpha value is -1.75. The molecule has 4 nitrogen and oxygen atoms in total. The minimum Gasteiger partial charge on any atom is -0.386 e. The Balaban J connectivity index is 1.75. The number of aliphatic hydroxyl groups is 1. The Morgan fingerprint density at radius 2 is 2.17 bits per heavy atom. The van der Waals surface area contributed by atoms with Crippen LogP contribution in [0.15, 0.2) is 30.5 Å². The first-order valence-electron chi connectivity index (χ1n) is 6.05. The number of hydrogen-bond acceptors (Lipinski definition) is 3. The van der Waals surface area contributed by atoms with Gasteiger partial charge in [-0.25, -0.2) is 9.07 Å². The quantitative estimate of drug-likeness (QED) is 0.897. The Labute approximate surface area is 104 Å². The molecule has 1 aliphatic rings. The smallest absolute Gasteiger partial charge is 0.128 e. The number of benzene rings is 1. The van der Waals surface area contributed by atoms with Crippen molar-refractivity contribution in [1.29, 1.82) is 0 Å². The van der Waals surface area contributed by atoms with Crippen molar-refractivity contribution in [1.82, 2.24) is 15.0 Å². The lowest BCUT2D eigenvalue weighted by Crippen LogP contribution is -2.02. The molecule has 0 aliphatic heterocycles. The normalized spacial score (nSPS) is 16.8. The fourth-order valence-electron chi connectivity index (χ4n) is 1.98. The Kier molecular flexibility index (Phi) is 2.83. The third-order valence-electron chi connectivity index (χ3n) is 3.22. The van der Waals surface area contributed by atoms with Crippen molar-refractivity contribution >= 4 is 0 Å². The largest absolute Gasteiger partial charge is 0.386 e. The van der Waals surface area contributed by atoms with Gasteiger partial charge in [-0.1, -0.05) is 23.4 Å². The zero-order valence-electron chi connectivity index (χ0n) is 9.83. The fraction of sp³-hybridized carbons (Fsp3) is 0.385. The molecule has 1 saturated carbocycles. The van der Waals surface area contributed by atoms with Crippen LogP contribution in [0.3, 0.4) is 0 Å². The highest BCUT2D eigenvalue weighted by molar-refractivity contribution is 5.17. The second-order valence-electron chi connectivity index (χ2n) is 4.71. The Morgan fingerprint density at radius 3 is 2.89 bits per heavy atom. The van der Waals surface area contributed by atoms with Gasteiger partial charge in [0.2, 0.25) is 0 Å². The van der Waals surface area contributed by atoms with E-state index >= 15 is 0 Å². The van der Waals surface area contributed by atoms with Crippen molar-refractivity contribution < 1.29 is 9.50 Å². The van der Waals surface area contributed by atoms with Gasteiger partial charge in [-0.05, 0) is 24.8 Å². The molecule has 0 unspecified atom stereocenters. The van der Waals surface area contributed by atoms with Crippen molar-refractivity contribution in [2.24, 2.45) is 5.92 Å². The molecule has 1 fully saturated rings. The van der Waals surface area contributed by atoms with Crippen molar-refractivity contribution in [2.75, 3.05) is 0 Å². The highest BCUT2D eigenvalue weighted by Gasteiger charge is 2.32. The molecule has 1 aliphatic carbocycles. The summed E-state index contributed by atoms with van der Waals surface area (Å²) in [5.74, 6) is 0.0703. The zero-order valence-corrected chi connectivity index (χ0v) is 9.83. The van der Waals surface area contributed by atoms with E-state index in [0.717, 1.165) is 12.8 Å². The van der Waals surface area contributed by atoms with Crippen LogP contribution in [0.2, 0.25) is 0 Å². The van der Waals surface area contributed by atoms with Crippen molar-refractivity contribution in [3.05, 3.63) is 47.5 Å². The summed E-state index contributed by atoms with van der Waals surface area (Å²) in [5.41, 5.74) is 1.14. The van der Waals surface area contributed by atoms with Gasteiger partial charge in [0, 0.05) is 5.56 Å². The van der Waals surface area contributed by atoms with Crippen LogP contribution in [0, 0.1) is 11.7 Å². The Bertz CT molecular complexity index is 551. The van der Waals surface area contributed by atoms with Crippen LogP contribution in [0.4, 0.5) is 4.39 Å². The van der Waals surface area contributed by atoms with Crippen LogP contribution in [-0.4, -0.2) is 20.1 Å². The molecular weight excluding hydrogens is 233 g/mol. The topological polar surface area (TPSA) is 50.9 Å². The van der Waals surface area contributed by atoms with E-state index in [9.17, 15) is 9.50 Å². The lowest BCUT2D eigenvalue weighted by Gasteiger charge is -2.03. The standard InChI is InChI=1S/C13H14FN3O/c14-11-4-2-1-3-10(11)7-17-8-12(15-16-17)13(18)9-5-6-9/h1-4,8-9,13,18H,5-7H2/t13-/m0/s1. The van der Waals surface area contributed by atoms with Crippen LogP contribution in [0.25, 0.3) is 0 Å². The number of aromatic nitrogens is 3. The van der Waals surface area contributed by atoms with E-state index in [1.54, 1.807) is 29.1 Å². The maximum Gasteiger partial charge on any atom is 0.128 e. The molecule has 0 radical (unpaired) electrons. The summed E-state index contributed by atoms with van der Waals surface area (Å²) in [6, 6.07) is 6.58. The molecule has 2 aromatic rings. The number of rotatable bonds is 4. The van der Waals surface area contributed by atoms with Gasteiger partial charge in [0.15, 0.2) is 0 Å². The van der Waals surface area contributed by atoms with E-state index in [0.29, 0.717) is 23.7 Å². The molecule has 1 aromatic carbocycles. The average Bonchev–Trinajstić information content (AvgIpc) is 3.12. The van der Waals surface area contributed by atoms with Crippen molar-refractivity contribution in [2.45, 2.75) is 25.5 Å². The summed E-state index contributed by atoms with van der Waals surface area (Å²) in [6.07, 6.45) is 3.25. The molecule has 18 heavy (non-hydrogen) atoms. The molecule has 5 heteroatoms. The molecular formula is C13H14FN3O. The predicted octanol–water partition coefficient (Wildman–Crippen LogP) is 1.91. The highest BCUT2D eigenvalue weighted by atomic mass is 19.1.